The molecule has 0 aromatic heterocycles. The maximum Gasteiger partial charge on any atom is 0.255 e. The number of hydrogen-bond donors (Lipinski definition) is 1. The minimum atomic E-state index is -0.0925. The molecule has 1 heterocycles. The summed E-state index contributed by atoms with van der Waals surface area (Å²) >= 11 is 9.52. The van der Waals surface area contributed by atoms with Crippen LogP contribution in [0.15, 0.2) is 22.7 Å². The highest BCUT2D eigenvalue weighted by Gasteiger charge is 2.27. The molecule has 1 fully saturated rings. The molecular weight excluding hydrogens is 330 g/mol. The van der Waals surface area contributed by atoms with Gasteiger partial charge in [0.05, 0.1) is 23.2 Å². The monoisotopic (exact) mass is 345 g/mol. The third-order valence-electron chi connectivity index (χ3n) is 3.53. The van der Waals surface area contributed by atoms with E-state index in [0.717, 1.165) is 30.2 Å². The number of benzene rings is 1. The van der Waals surface area contributed by atoms with Crippen LogP contribution in [0.2, 0.25) is 5.02 Å². The van der Waals surface area contributed by atoms with E-state index in [0.29, 0.717) is 17.1 Å². The number of aliphatic hydroxyl groups excluding tert-OH is 1. The van der Waals surface area contributed by atoms with Crippen LogP contribution in [0.3, 0.4) is 0 Å². The van der Waals surface area contributed by atoms with E-state index in [9.17, 15) is 9.90 Å². The molecule has 0 saturated carbocycles. The number of aliphatic hydroxyl groups is 1. The smallest absolute Gasteiger partial charge is 0.255 e. The van der Waals surface area contributed by atoms with Gasteiger partial charge in [0, 0.05) is 11.0 Å². The zero-order valence-corrected chi connectivity index (χ0v) is 13.0. The summed E-state index contributed by atoms with van der Waals surface area (Å²) in [6.07, 6.45) is 4.00. The van der Waals surface area contributed by atoms with E-state index in [1.54, 1.807) is 17.0 Å². The minimum absolute atomic E-state index is 0.0113. The SMILES string of the molecule is O=C(c1cccc(Br)c1Cl)N1CCCCCC1CO. The lowest BCUT2D eigenvalue weighted by molar-refractivity contribution is 0.0600. The molecule has 1 N–H and O–H groups in total. The first kappa shape index (κ1) is 14.8. The van der Waals surface area contributed by atoms with Crippen molar-refractivity contribution in [3.05, 3.63) is 33.3 Å². The van der Waals surface area contributed by atoms with E-state index < -0.39 is 0 Å². The van der Waals surface area contributed by atoms with E-state index in [4.69, 9.17) is 11.6 Å². The van der Waals surface area contributed by atoms with Crippen molar-refractivity contribution in [2.45, 2.75) is 31.7 Å². The summed E-state index contributed by atoms with van der Waals surface area (Å²) < 4.78 is 0.718. The van der Waals surface area contributed by atoms with Gasteiger partial charge in [0.15, 0.2) is 0 Å². The third-order valence-corrected chi connectivity index (χ3v) is 4.83. The lowest BCUT2D eigenvalue weighted by Gasteiger charge is -2.29. The Morgan fingerprint density at radius 3 is 2.95 bits per heavy atom. The first-order valence-electron chi connectivity index (χ1n) is 6.51. The molecular formula is C14H17BrClNO2. The normalized spacial score (nSPS) is 20.2. The quantitative estimate of drug-likeness (QED) is 0.890. The highest BCUT2D eigenvalue weighted by Crippen LogP contribution is 2.28. The number of carbonyl (C=O) groups excluding carboxylic acids is 1. The number of carbonyl (C=O) groups is 1. The molecule has 2 rings (SSSR count). The van der Waals surface area contributed by atoms with Gasteiger partial charge in [0.2, 0.25) is 0 Å². The van der Waals surface area contributed by atoms with Crippen LogP contribution in [0.5, 0.6) is 0 Å². The van der Waals surface area contributed by atoms with Crippen molar-refractivity contribution in [1.29, 1.82) is 0 Å². The van der Waals surface area contributed by atoms with Gasteiger partial charge in [-0.2, -0.15) is 0 Å². The van der Waals surface area contributed by atoms with E-state index in [1.807, 2.05) is 6.07 Å². The molecule has 0 spiro atoms. The number of likely N-dealkylation sites (tertiary alicyclic amines) is 1. The van der Waals surface area contributed by atoms with Gasteiger partial charge < -0.3 is 10.0 Å². The van der Waals surface area contributed by atoms with E-state index in [-0.39, 0.29) is 18.6 Å². The predicted octanol–water partition coefficient (Wildman–Crippen LogP) is 3.48. The maximum atomic E-state index is 12.6. The zero-order chi connectivity index (χ0) is 13.8. The molecule has 1 amide bonds. The number of rotatable bonds is 2. The van der Waals surface area contributed by atoms with E-state index >= 15 is 0 Å². The van der Waals surface area contributed by atoms with Gasteiger partial charge in [-0.25, -0.2) is 0 Å². The molecule has 1 saturated heterocycles. The van der Waals surface area contributed by atoms with Gasteiger partial charge in [-0.05, 0) is 40.9 Å². The Kier molecular flexibility index (Phi) is 5.25. The van der Waals surface area contributed by atoms with Gasteiger partial charge in [-0.3, -0.25) is 4.79 Å². The second-order valence-corrected chi connectivity index (χ2v) is 6.02. The van der Waals surface area contributed by atoms with Gasteiger partial charge in [0.25, 0.3) is 5.91 Å². The standard InChI is InChI=1S/C14H17BrClNO2/c15-12-7-4-6-11(13(12)16)14(19)17-8-3-1-2-5-10(17)9-18/h4,6-7,10,18H,1-3,5,8-9H2. The summed E-state index contributed by atoms with van der Waals surface area (Å²) in [4.78, 5) is 14.4. The molecule has 1 atom stereocenters. The average Bonchev–Trinajstić information content (AvgIpc) is 2.66. The Hall–Kier alpha value is -0.580. The lowest BCUT2D eigenvalue weighted by Crippen LogP contribution is -2.42. The topological polar surface area (TPSA) is 40.5 Å². The predicted molar refractivity (Wildman–Crippen MR) is 79.5 cm³/mol. The van der Waals surface area contributed by atoms with Crippen LogP contribution in [0.25, 0.3) is 0 Å². The molecule has 3 nitrogen and oxygen atoms in total. The number of nitrogens with zero attached hydrogens (tertiary/aromatic N) is 1. The fourth-order valence-electron chi connectivity index (χ4n) is 2.46. The Morgan fingerprint density at radius 2 is 2.21 bits per heavy atom. The fraction of sp³-hybridized carbons (Fsp3) is 0.500. The number of amides is 1. The van der Waals surface area contributed by atoms with Crippen molar-refractivity contribution in [3.63, 3.8) is 0 Å². The van der Waals surface area contributed by atoms with Crippen molar-refractivity contribution in [2.75, 3.05) is 13.2 Å². The highest BCUT2D eigenvalue weighted by atomic mass is 79.9. The summed E-state index contributed by atoms with van der Waals surface area (Å²) in [5.74, 6) is -0.0905. The Bertz CT molecular complexity index is 467. The molecule has 0 bridgehead atoms. The maximum absolute atomic E-state index is 12.6. The van der Waals surface area contributed by atoms with E-state index in [2.05, 4.69) is 15.9 Å². The summed E-state index contributed by atoms with van der Waals surface area (Å²) in [7, 11) is 0. The van der Waals surface area contributed by atoms with Crippen molar-refractivity contribution >= 4 is 33.4 Å². The molecule has 0 aliphatic carbocycles. The molecule has 5 heteroatoms. The van der Waals surface area contributed by atoms with Crippen LogP contribution in [0, 0.1) is 0 Å². The van der Waals surface area contributed by atoms with Crippen LogP contribution < -0.4 is 0 Å². The van der Waals surface area contributed by atoms with Crippen molar-refractivity contribution < 1.29 is 9.90 Å². The number of hydrogen-bond acceptors (Lipinski definition) is 2. The van der Waals surface area contributed by atoms with Gasteiger partial charge in [0.1, 0.15) is 0 Å². The largest absolute Gasteiger partial charge is 0.394 e. The van der Waals surface area contributed by atoms with Gasteiger partial charge in [-0.1, -0.05) is 30.5 Å². The summed E-state index contributed by atoms with van der Waals surface area (Å²) in [5.41, 5.74) is 0.497. The first-order valence-corrected chi connectivity index (χ1v) is 7.68. The summed E-state index contributed by atoms with van der Waals surface area (Å²) in [5, 5.41) is 9.91. The number of halogens is 2. The van der Waals surface area contributed by atoms with Crippen LogP contribution in [0.1, 0.15) is 36.0 Å². The van der Waals surface area contributed by atoms with Crippen molar-refractivity contribution in [1.82, 2.24) is 4.90 Å². The second-order valence-electron chi connectivity index (χ2n) is 4.79. The van der Waals surface area contributed by atoms with Crippen LogP contribution >= 0.6 is 27.5 Å². The van der Waals surface area contributed by atoms with Crippen molar-refractivity contribution in [3.8, 4) is 0 Å². The summed E-state index contributed by atoms with van der Waals surface area (Å²) in [6.45, 7) is 0.699. The molecule has 104 valence electrons. The molecule has 1 aliphatic rings. The molecule has 19 heavy (non-hydrogen) atoms. The van der Waals surface area contributed by atoms with Crippen LogP contribution in [-0.2, 0) is 0 Å². The van der Waals surface area contributed by atoms with E-state index in [1.165, 1.54) is 0 Å². The third kappa shape index (κ3) is 3.30. The van der Waals surface area contributed by atoms with Gasteiger partial charge in [-0.15, -0.1) is 0 Å². The van der Waals surface area contributed by atoms with Crippen molar-refractivity contribution in [2.24, 2.45) is 0 Å². The molecule has 1 aliphatic heterocycles. The Balaban J connectivity index is 2.28. The average molecular weight is 347 g/mol. The fourth-order valence-corrected chi connectivity index (χ4v) is 3.03. The minimum Gasteiger partial charge on any atom is -0.394 e. The van der Waals surface area contributed by atoms with Crippen LogP contribution in [-0.4, -0.2) is 35.1 Å². The second kappa shape index (κ2) is 6.73. The van der Waals surface area contributed by atoms with Gasteiger partial charge >= 0.3 is 0 Å². The Morgan fingerprint density at radius 1 is 1.42 bits per heavy atom. The molecule has 0 radical (unpaired) electrons. The molecule has 1 aromatic rings. The molecule has 1 aromatic carbocycles. The summed E-state index contributed by atoms with van der Waals surface area (Å²) in [6, 6.07) is 5.25. The first-order chi connectivity index (χ1) is 9.15. The Labute approximate surface area is 126 Å². The highest BCUT2D eigenvalue weighted by molar-refractivity contribution is 9.10. The molecule has 1 unspecified atom stereocenters. The van der Waals surface area contributed by atoms with Crippen LogP contribution in [0.4, 0.5) is 0 Å². The lowest BCUT2D eigenvalue weighted by atomic mass is 10.1. The zero-order valence-electron chi connectivity index (χ0n) is 10.6.